The molecule has 0 aliphatic heterocycles. The highest BCUT2D eigenvalue weighted by Gasteiger charge is 2.08. The highest BCUT2D eigenvalue weighted by atomic mass is 16.5. The first kappa shape index (κ1) is 14.7. The van der Waals surface area contributed by atoms with Crippen molar-refractivity contribution in [1.82, 2.24) is 4.98 Å². The number of aromatic amines is 1. The summed E-state index contributed by atoms with van der Waals surface area (Å²) >= 11 is 0. The molecule has 0 atom stereocenters. The van der Waals surface area contributed by atoms with Gasteiger partial charge in [-0.2, -0.15) is 0 Å². The van der Waals surface area contributed by atoms with Crippen molar-refractivity contribution in [3.05, 3.63) is 65.0 Å². The van der Waals surface area contributed by atoms with Gasteiger partial charge in [-0.15, -0.1) is 0 Å². The molecule has 0 aliphatic rings. The molecule has 0 bridgehead atoms. The molecule has 3 N–H and O–H groups in total. The van der Waals surface area contributed by atoms with Crippen LogP contribution in [-0.2, 0) is 0 Å². The molecule has 0 spiro atoms. The molecule has 116 valence electrons. The summed E-state index contributed by atoms with van der Waals surface area (Å²) in [5, 5.41) is 19.3. The number of nitrogens with one attached hydrogen (secondary N) is 1. The van der Waals surface area contributed by atoms with Crippen LogP contribution in [0.4, 0.5) is 0 Å². The van der Waals surface area contributed by atoms with Gasteiger partial charge in [0.15, 0.2) is 11.5 Å². The fourth-order valence-electron chi connectivity index (χ4n) is 2.38. The van der Waals surface area contributed by atoms with Crippen molar-refractivity contribution in [2.24, 2.45) is 0 Å². The van der Waals surface area contributed by atoms with Gasteiger partial charge in [0.05, 0.1) is 7.11 Å². The number of ether oxygens (including phenoxy) is 1. The summed E-state index contributed by atoms with van der Waals surface area (Å²) in [5.74, 6) is 0.533. The lowest BCUT2D eigenvalue weighted by molar-refractivity contribution is 0.373. The molecule has 3 rings (SSSR count). The second-order valence-electron chi connectivity index (χ2n) is 5.08. The molecular weight excluding hydrogens is 294 g/mol. The minimum Gasteiger partial charge on any atom is -0.508 e. The third-order valence-corrected chi connectivity index (χ3v) is 3.53. The van der Waals surface area contributed by atoms with Gasteiger partial charge in [0, 0.05) is 17.3 Å². The van der Waals surface area contributed by atoms with Crippen LogP contribution in [0.25, 0.3) is 22.4 Å². The maximum Gasteiger partial charge on any atom is 0.249 e. The number of hydrogen-bond donors (Lipinski definition) is 3. The maximum atomic E-state index is 11.9. The molecule has 23 heavy (non-hydrogen) atoms. The summed E-state index contributed by atoms with van der Waals surface area (Å²) in [7, 11) is 1.47. The Kier molecular flexibility index (Phi) is 3.76. The van der Waals surface area contributed by atoms with Gasteiger partial charge in [-0.1, -0.05) is 12.1 Å². The highest BCUT2D eigenvalue weighted by molar-refractivity contribution is 5.71. The van der Waals surface area contributed by atoms with E-state index in [4.69, 9.17) is 4.74 Å². The lowest BCUT2D eigenvalue weighted by Crippen LogP contribution is -2.05. The van der Waals surface area contributed by atoms with Crippen molar-refractivity contribution in [3.8, 4) is 39.6 Å². The predicted molar refractivity (Wildman–Crippen MR) is 87.8 cm³/mol. The molecule has 1 heterocycles. The zero-order chi connectivity index (χ0) is 16.4. The number of benzene rings is 2. The average Bonchev–Trinajstić information content (AvgIpc) is 2.55. The summed E-state index contributed by atoms with van der Waals surface area (Å²) < 4.78 is 5.02. The Morgan fingerprint density at radius 2 is 1.57 bits per heavy atom. The van der Waals surface area contributed by atoms with E-state index in [-0.39, 0.29) is 17.1 Å². The van der Waals surface area contributed by atoms with Gasteiger partial charge in [0.2, 0.25) is 5.56 Å². The number of methoxy groups -OCH3 is 1. The van der Waals surface area contributed by atoms with E-state index in [2.05, 4.69) is 4.98 Å². The number of phenolic OH excluding ortho intramolecular Hbond substituents is 2. The van der Waals surface area contributed by atoms with Gasteiger partial charge in [0.25, 0.3) is 0 Å². The molecule has 0 radical (unpaired) electrons. The predicted octanol–water partition coefficient (Wildman–Crippen LogP) is 3.13. The monoisotopic (exact) mass is 309 g/mol. The second kappa shape index (κ2) is 5.88. The third kappa shape index (κ3) is 3.03. The fourth-order valence-corrected chi connectivity index (χ4v) is 2.38. The number of aromatic nitrogens is 1. The van der Waals surface area contributed by atoms with Crippen LogP contribution in [0.2, 0.25) is 0 Å². The van der Waals surface area contributed by atoms with Crippen molar-refractivity contribution >= 4 is 0 Å². The van der Waals surface area contributed by atoms with Gasteiger partial charge in [0.1, 0.15) is 5.75 Å². The molecular formula is C18H15NO4. The first-order chi connectivity index (χ1) is 11.1. The van der Waals surface area contributed by atoms with E-state index < -0.39 is 0 Å². The Morgan fingerprint density at radius 3 is 2.22 bits per heavy atom. The van der Waals surface area contributed by atoms with E-state index in [0.29, 0.717) is 17.0 Å². The molecule has 0 saturated carbocycles. The Morgan fingerprint density at radius 1 is 0.870 bits per heavy atom. The third-order valence-electron chi connectivity index (χ3n) is 3.53. The zero-order valence-corrected chi connectivity index (χ0v) is 12.4. The highest BCUT2D eigenvalue weighted by Crippen LogP contribution is 2.31. The van der Waals surface area contributed by atoms with Gasteiger partial charge >= 0.3 is 0 Å². The van der Waals surface area contributed by atoms with E-state index in [0.717, 1.165) is 11.1 Å². The fraction of sp³-hybridized carbons (Fsp3) is 0.0556. The summed E-state index contributed by atoms with van der Waals surface area (Å²) in [4.78, 5) is 14.7. The first-order valence-electron chi connectivity index (χ1n) is 6.98. The molecule has 3 aromatic rings. The molecule has 1 aromatic heterocycles. The van der Waals surface area contributed by atoms with Crippen molar-refractivity contribution in [2.75, 3.05) is 7.11 Å². The SMILES string of the molecule is COc1ccc(-c2cc(-c3ccc(O)cc3)cc(=O)[nH]2)cc1O. The Hall–Kier alpha value is -3.21. The van der Waals surface area contributed by atoms with Crippen LogP contribution in [-0.4, -0.2) is 22.3 Å². The van der Waals surface area contributed by atoms with E-state index in [9.17, 15) is 15.0 Å². The largest absolute Gasteiger partial charge is 0.508 e. The molecule has 0 aliphatic carbocycles. The van der Waals surface area contributed by atoms with Crippen LogP contribution >= 0.6 is 0 Å². The molecule has 5 heteroatoms. The molecule has 0 fully saturated rings. The molecule has 5 nitrogen and oxygen atoms in total. The van der Waals surface area contributed by atoms with Crippen molar-refractivity contribution in [3.63, 3.8) is 0 Å². The van der Waals surface area contributed by atoms with Crippen LogP contribution in [0.3, 0.4) is 0 Å². The van der Waals surface area contributed by atoms with Crippen LogP contribution < -0.4 is 10.3 Å². The van der Waals surface area contributed by atoms with E-state index in [1.165, 1.54) is 19.2 Å². The quantitative estimate of drug-likeness (QED) is 0.694. The van der Waals surface area contributed by atoms with Crippen molar-refractivity contribution in [2.45, 2.75) is 0 Å². The standard InChI is InChI=1S/C18H15NO4/c1-23-17-7-4-12(9-16(17)21)15-8-13(10-18(22)19-15)11-2-5-14(20)6-3-11/h2-10,20-21H,1H3,(H,19,22). The van der Waals surface area contributed by atoms with Crippen LogP contribution in [0.5, 0.6) is 17.2 Å². The van der Waals surface area contributed by atoms with Crippen molar-refractivity contribution in [1.29, 1.82) is 0 Å². The number of phenols is 2. The lowest BCUT2D eigenvalue weighted by Gasteiger charge is -2.08. The van der Waals surface area contributed by atoms with Gasteiger partial charge in [-0.3, -0.25) is 4.79 Å². The topological polar surface area (TPSA) is 82.5 Å². The number of aromatic hydroxyl groups is 2. The van der Waals surface area contributed by atoms with Gasteiger partial charge in [-0.25, -0.2) is 0 Å². The number of hydrogen-bond acceptors (Lipinski definition) is 4. The smallest absolute Gasteiger partial charge is 0.249 e. The van der Waals surface area contributed by atoms with E-state index in [1.807, 2.05) is 6.07 Å². The first-order valence-corrected chi connectivity index (χ1v) is 6.98. The Bertz CT molecular complexity index is 898. The maximum absolute atomic E-state index is 11.9. The average molecular weight is 309 g/mol. The van der Waals surface area contributed by atoms with E-state index in [1.54, 1.807) is 36.4 Å². The zero-order valence-electron chi connectivity index (χ0n) is 12.4. The number of rotatable bonds is 3. The number of pyridine rings is 1. The summed E-state index contributed by atoms with van der Waals surface area (Å²) in [6.45, 7) is 0. The van der Waals surface area contributed by atoms with Gasteiger partial charge < -0.3 is 19.9 Å². The molecule has 0 unspecified atom stereocenters. The summed E-state index contributed by atoms with van der Waals surface area (Å²) in [6.07, 6.45) is 0. The second-order valence-corrected chi connectivity index (χ2v) is 5.08. The van der Waals surface area contributed by atoms with Gasteiger partial charge in [-0.05, 0) is 47.5 Å². The Balaban J connectivity index is 2.09. The van der Waals surface area contributed by atoms with Crippen LogP contribution in [0.15, 0.2) is 59.4 Å². The molecule has 0 saturated heterocycles. The van der Waals surface area contributed by atoms with Crippen molar-refractivity contribution < 1.29 is 14.9 Å². The minimum atomic E-state index is -0.249. The lowest BCUT2D eigenvalue weighted by atomic mass is 10.0. The minimum absolute atomic E-state index is 0.000820. The van der Waals surface area contributed by atoms with Crippen LogP contribution in [0, 0.1) is 0 Å². The summed E-state index contributed by atoms with van der Waals surface area (Å²) in [5.41, 5.74) is 2.53. The van der Waals surface area contributed by atoms with Crippen LogP contribution in [0.1, 0.15) is 0 Å². The normalized spacial score (nSPS) is 10.5. The number of H-pyrrole nitrogens is 1. The molecule has 2 aromatic carbocycles. The molecule has 0 amide bonds. The summed E-state index contributed by atoms with van der Waals surface area (Å²) in [6, 6.07) is 14.8. The van der Waals surface area contributed by atoms with E-state index >= 15 is 0 Å². The Labute approximate surface area is 132 Å².